The Labute approximate surface area is 128 Å². The number of rotatable bonds is 4. The van der Waals surface area contributed by atoms with Crippen LogP contribution in [0.2, 0.25) is 10.0 Å². The molecule has 2 N–H and O–H groups in total. The summed E-state index contributed by atoms with van der Waals surface area (Å²) in [7, 11) is 3.89. The van der Waals surface area contributed by atoms with E-state index in [0.29, 0.717) is 16.6 Å². The van der Waals surface area contributed by atoms with Crippen LogP contribution in [0, 0.1) is 0 Å². The minimum Gasteiger partial charge on any atom is -0.508 e. The van der Waals surface area contributed by atoms with Gasteiger partial charge in [-0.25, -0.2) is 0 Å². The molecule has 0 bridgehead atoms. The molecule has 0 aromatic heterocycles. The molecule has 0 heterocycles. The molecule has 2 aromatic rings. The van der Waals surface area contributed by atoms with Gasteiger partial charge in [0.05, 0.1) is 10.7 Å². The highest BCUT2D eigenvalue weighted by Crippen LogP contribution is 2.28. The van der Waals surface area contributed by atoms with Crippen LogP contribution in [-0.4, -0.2) is 19.2 Å². The van der Waals surface area contributed by atoms with Crippen molar-refractivity contribution in [2.45, 2.75) is 6.54 Å². The average molecular weight is 311 g/mol. The average Bonchev–Trinajstić information content (AvgIpc) is 2.39. The fourth-order valence-corrected chi connectivity index (χ4v) is 2.42. The van der Waals surface area contributed by atoms with E-state index in [9.17, 15) is 5.11 Å². The molecule has 0 saturated heterocycles. The fraction of sp³-hybridized carbons (Fsp3) is 0.200. The zero-order chi connectivity index (χ0) is 14.7. The zero-order valence-corrected chi connectivity index (χ0v) is 12.8. The van der Waals surface area contributed by atoms with Crippen LogP contribution in [-0.2, 0) is 6.54 Å². The van der Waals surface area contributed by atoms with Crippen LogP contribution < -0.4 is 10.2 Å². The molecule has 0 aliphatic heterocycles. The Morgan fingerprint density at radius 3 is 2.50 bits per heavy atom. The Hall–Kier alpha value is -1.58. The van der Waals surface area contributed by atoms with E-state index in [4.69, 9.17) is 23.2 Å². The Kier molecular flexibility index (Phi) is 4.63. The number of hydrogen-bond acceptors (Lipinski definition) is 3. The van der Waals surface area contributed by atoms with Crippen molar-refractivity contribution in [3.05, 3.63) is 52.0 Å². The lowest BCUT2D eigenvalue weighted by molar-refractivity contribution is 0.469. The Bertz CT molecular complexity index is 615. The van der Waals surface area contributed by atoms with Gasteiger partial charge in [0.2, 0.25) is 0 Å². The van der Waals surface area contributed by atoms with Gasteiger partial charge in [-0.15, -0.1) is 0 Å². The maximum Gasteiger partial charge on any atom is 0.120 e. The standard InChI is InChI=1S/C15H16Cl2N2O/c1-19(2)14-5-4-12(8-13(14)17)18-9-10-7-11(16)3-6-15(10)20/h3-8,18,20H,9H2,1-2H3. The molecule has 2 rings (SSSR count). The molecule has 0 saturated carbocycles. The second kappa shape index (κ2) is 6.25. The summed E-state index contributed by atoms with van der Waals surface area (Å²) in [5.41, 5.74) is 2.59. The van der Waals surface area contributed by atoms with Crippen LogP contribution in [0.15, 0.2) is 36.4 Å². The molecule has 5 heteroatoms. The maximum absolute atomic E-state index is 9.75. The first kappa shape index (κ1) is 14.8. The van der Waals surface area contributed by atoms with Crippen molar-refractivity contribution < 1.29 is 5.11 Å². The molecule has 0 aliphatic rings. The summed E-state index contributed by atoms with van der Waals surface area (Å²) >= 11 is 12.1. The molecule has 0 atom stereocenters. The van der Waals surface area contributed by atoms with E-state index in [2.05, 4.69) is 5.32 Å². The monoisotopic (exact) mass is 310 g/mol. The number of nitrogens with one attached hydrogen (secondary N) is 1. The molecule has 3 nitrogen and oxygen atoms in total. The van der Waals surface area contributed by atoms with Crippen molar-refractivity contribution >= 4 is 34.6 Å². The van der Waals surface area contributed by atoms with E-state index in [0.717, 1.165) is 16.9 Å². The third-order valence-electron chi connectivity index (χ3n) is 2.95. The number of anilines is 2. The molecule has 0 radical (unpaired) electrons. The summed E-state index contributed by atoms with van der Waals surface area (Å²) in [5.74, 6) is 0.220. The highest BCUT2D eigenvalue weighted by molar-refractivity contribution is 6.33. The summed E-state index contributed by atoms with van der Waals surface area (Å²) in [6.07, 6.45) is 0. The largest absolute Gasteiger partial charge is 0.508 e. The SMILES string of the molecule is CN(C)c1ccc(NCc2cc(Cl)ccc2O)cc1Cl. The van der Waals surface area contributed by atoms with Gasteiger partial charge in [-0.05, 0) is 36.4 Å². The number of aromatic hydroxyl groups is 1. The molecule has 0 fully saturated rings. The smallest absolute Gasteiger partial charge is 0.120 e. The van der Waals surface area contributed by atoms with E-state index < -0.39 is 0 Å². The number of phenolic OH excluding ortho intramolecular Hbond substituents is 1. The number of halogens is 2. The van der Waals surface area contributed by atoms with Crippen molar-refractivity contribution in [1.29, 1.82) is 0 Å². The van der Waals surface area contributed by atoms with Crippen LogP contribution in [0.1, 0.15) is 5.56 Å². The van der Waals surface area contributed by atoms with Crippen molar-refractivity contribution in [1.82, 2.24) is 0 Å². The van der Waals surface area contributed by atoms with Crippen molar-refractivity contribution in [3.8, 4) is 5.75 Å². The number of nitrogens with zero attached hydrogens (tertiary/aromatic N) is 1. The molecule has 2 aromatic carbocycles. The maximum atomic E-state index is 9.75. The molecular formula is C15H16Cl2N2O. The Morgan fingerprint density at radius 1 is 1.10 bits per heavy atom. The molecular weight excluding hydrogens is 295 g/mol. The predicted octanol–water partition coefficient (Wildman–Crippen LogP) is 4.38. The topological polar surface area (TPSA) is 35.5 Å². The first-order valence-electron chi connectivity index (χ1n) is 6.15. The summed E-state index contributed by atoms with van der Waals surface area (Å²) < 4.78 is 0. The molecule has 0 aliphatic carbocycles. The molecule has 106 valence electrons. The Morgan fingerprint density at radius 2 is 1.85 bits per heavy atom. The highest BCUT2D eigenvalue weighted by Gasteiger charge is 2.05. The van der Waals surface area contributed by atoms with Crippen molar-refractivity contribution in [3.63, 3.8) is 0 Å². The number of phenols is 1. The lowest BCUT2D eigenvalue weighted by Crippen LogP contribution is -2.09. The van der Waals surface area contributed by atoms with E-state index in [1.165, 1.54) is 0 Å². The minimum atomic E-state index is 0.220. The van der Waals surface area contributed by atoms with Crippen LogP contribution in [0.3, 0.4) is 0 Å². The second-order valence-corrected chi connectivity index (χ2v) is 5.53. The molecule has 0 amide bonds. The van der Waals surface area contributed by atoms with Gasteiger partial charge in [0.1, 0.15) is 5.75 Å². The Balaban J connectivity index is 2.11. The van der Waals surface area contributed by atoms with Gasteiger partial charge in [-0.1, -0.05) is 23.2 Å². The van der Waals surface area contributed by atoms with E-state index >= 15 is 0 Å². The lowest BCUT2D eigenvalue weighted by Gasteiger charge is -2.16. The number of hydrogen-bond donors (Lipinski definition) is 2. The van der Waals surface area contributed by atoms with E-state index in [1.807, 2.05) is 37.2 Å². The normalized spacial score (nSPS) is 10.4. The quantitative estimate of drug-likeness (QED) is 0.880. The molecule has 0 spiro atoms. The zero-order valence-electron chi connectivity index (χ0n) is 11.3. The second-order valence-electron chi connectivity index (χ2n) is 4.69. The van der Waals surface area contributed by atoms with Gasteiger partial charge >= 0.3 is 0 Å². The summed E-state index contributed by atoms with van der Waals surface area (Å²) in [5, 5.41) is 14.2. The lowest BCUT2D eigenvalue weighted by atomic mass is 10.2. The van der Waals surface area contributed by atoms with Gasteiger partial charge in [-0.2, -0.15) is 0 Å². The van der Waals surface area contributed by atoms with Gasteiger partial charge in [-0.3, -0.25) is 0 Å². The highest BCUT2D eigenvalue weighted by atomic mass is 35.5. The van der Waals surface area contributed by atoms with Gasteiger partial charge in [0.15, 0.2) is 0 Å². The first-order chi connectivity index (χ1) is 9.47. The first-order valence-corrected chi connectivity index (χ1v) is 6.91. The summed E-state index contributed by atoms with van der Waals surface area (Å²) in [6, 6.07) is 10.7. The van der Waals surface area contributed by atoms with E-state index in [-0.39, 0.29) is 5.75 Å². The third kappa shape index (κ3) is 3.50. The van der Waals surface area contributed by atoms with Gasteiger partial charge in [0, 0.05) is 36.9 Å². The van der Waals surface area contributed by atoms with Crippen LogP contribution >= 0.6 is 23.2 Å². The summed E-state index contributed by atoms with van der Waals surface area (Å²) in [6.45, 7) is 0.476. The van der Waals surface area contributed by atoms with Crippen LogP contribution in [0.5, 0.6) is 5.75 Å². The predicted molar refractivity (Wildman–Crippen MR) is 86.2 cm³/mol. The third-order valence-corrected chi connectivity index (χ3v) is 3.49. The summed E-state index contributed by atoms with van der Waals surface area (Å²) in [4.78, 5) is 1.95. The van der Waals surface area contributed by atoms with E-state index in [1.54, 1.807) is 18.2 Å². The minimum absolute atomic E-state index is 0.220. The van der Waals surface area contributed by atoms with Gasteiger partial charge in [0.25, 0.3) is 0 Å². The van der Waals surface area contributed by atoms with Crippen molar-refractivity contribution in [2.75, 3.05) is 24.3 Å². The molecule has 20 heavy (non-hydrogen) atoms. The fourth-order valence-electron chi connectivity index (χ4n) is 1.87. The number of benzene rings is 2. The van der Waals surface area contributed by atoms with Gasteiger partial charge < -0.3 is 15.3 Å². The molecule has 0 unspecified atom stereocenters. The van der Waals surface area contributed by atoms with Crippen molar-refractivity contribution in [2.24, 2.45) is 0 Å². The van der Waals surface area contributed by atoms with Crippen LogP contribution in [0.25, 0.3) is 0 Å². The van der Waals surface area contributed by atoms with Crippen LogP contribution in [0.4, 0.5) is 11.4 Å².